The first-order chi connectivity index (χ1) is 11.0. The number of benzene rings is 2. The fourth-order valence-electron chi connectivity index (χ4n) is 2.82. The van der Waals surface area contributed by atoms with E-state index in [2.05, 4.69) is 0 Å². The summed E-state index contributed by atoms with van der Waals surface area (Å²) < 4.78 is 10.8. The molecule has 1 heterocycles. The van der Waals surface area contributed by atoms with Gasteiger partial charge < -0.3 is 15.2 Å². The van der Waals surface area contributed by atoms with Crippen LogP contribution >= 0.6 is 0 Å². The van der Waals surface area contributed by atoms with E-state index >= 15 is 0 Å². The first kappa shape index (κ1) is 15.2. The van der Waals surface area contributed by atoms with Gasteiger partial charge in [-0.25, -0.2) is 4.79 Å². The number of nitrogens with zero attached hydrogens (tertiary/aromatic N) is 1. The summed E-state index contributed by atoms with van der Waals surface area (Å²) in [5.41, 5.74) is 7.83. The Labute approximate surface area is 135 Å². The highest BCUT2D eigenvalue weighted by Gasteiger charge is 2.42. The highest BCUT2D eigenvalue weighted by molar-refractivity contribution is 5.71. The number of para-hydroxylation sites is 1. The Morgan fingerprint density at radius 1 is 1.22 bits per heavy atom. The number of anilines is 1. The van der Waals surface area contributed by atoms with Crippen molar-refractivity contribution >= 4 is 11.8 Å². The molecule has 1 aliphatic heterocycles. The van der Waals surface area contributed by atoms with Crippen molar-refractivity contribution in [1.82, 2.24) is 4.90 Å². The minimum Gasteiger partial charge on any atom is -0.497 e. The molecule has 0 bridgehead atoms. The van der Waals surface area contributed by atoms with Crippen LogP contribution in [0.25, 0.3) is 0 Å². The van der Waals surface area contributed by atoms with Crippen molar-refractivity contribution in [3.63, 3.8) is 0 Å². The van der Waals surface area contributed by atoms with E-state index < -0.39 is 5.60 Å². The van der Waals surface area contributed by atoms with Gasteiger partial charge in [-0.3, -0.25) is 4.90 Å². The average Bonchev–Trinajstić information content (AvgIpc) is 2.85. The molecule has 1 amide bonds. The summed E-state index contributed by atoms with van der Waals surface area (Å²) in [6.07, 6.45) is -0.327. The van der Waals surface area contributed by atoms with E-state index in [1.54, 1.807) is 12.0 Å². The Bertz CT molecular complexity index is 714. The van der Waals surface area contributed by atoms with Crippen molar-refractivity contribution in [3.05, 3.63) is 59.7 Å². The minimum absolute atomic E-state index is 0.327. The number of rotatable bonds is 4. The van der Waals surface area contributed by atoms with Gasteiger partial charge in [0.2, 0.25) is 0 Å². The molecule has 2 aromatic carbocycles. The van der Waals surface area contributed by atoms with Crippen molar-refractivity contribution < 1.29 is 14.3 Å². The van der Waals surface area contributed by atoms with Gasteiger partial charge in [0.25, 0.3) is 0 Å². The maximum atomic E-state index is 12.2. The second kappa shape index (κ2) is 5.83. The van der Waals surface area contributed by atoms with Gasteiger partial charge in [0.05, 0.1) is 20.2 Å². The van der Waals surface area contributed by atoms with Crippen LogP contribution in [0.2, 0.25) is 0 Å². The van der Waals surface area contributed by atoms with Crippen LogP contribution in [0.1, 0.15) is 18.1 Å². The average molecular weight is 312 g/mol. The van der Waals surface area contributed by atoms with Gasteiger partial charge in [-0.2, -0.15) is 0 Å². The van der Waals surface area contributed by atoms with E-state index in [9.17, 15) is 4.79 Å². The molecule has 2 N–H and O–H groups in total. The molecule has 1 saturated heterocycles. The lowest BCUT2D eigenvalue weighted by Gasteiger charge is -2.22. The summed E-state index contributed by atoms with van der Waals surface area (Å²) in [6, 6.07) is 15.1. The molecule has 120 valence electrons. The van der Waals surface area contributed by atoms with Crippen molar-refractivity contribution in [2.75, 3.05) is 19.4 Å². The summed E-state index contributed by atoms with van der Waals surface area (Å²) >= 11 is 0. The Hall–Kier alpha value is -2.69. The Morgan fingerprint density at radius 3 is 2.57 bits per heavy atom. The predicted molar refractivity (Wildman–Crippen MR) is 88.1 cm³/mol. The smallest absolute Gasteiger partial charge is 0.411 e. The first-order valence-electron chi connectivity index (χ1n) is 7.48. The molecule has 2 aromatic rings. The van der Waals surface area contributed by atoms with Crippen LogP contribution in [-0.2, 0) is 16.9 Å². The highest BCUT2D eigenvalue weighted by Crippen LogP contribution is 2.34. The standard InChI is InChI=1S/C18H20N2O3/c1-18(14-7-9-15(22-2)10-8-14)12-20(17(21)23-18)11-13-5-3-4-6-16(13)19/h3-10H,11-12,19H2,1-2H3. The zero-order chi connectivity index (χ0) is 16.4. The van der Waals surface area contributed by atoms with Crippen molar-refractivity contribution in [3.8, 4) is 5.75 Å². The first-order valence-corrected chi connectivity index (χ1v) is 7.48. The fourth-order valence-corrected chi connectivity index (χ4v) is 2.82. The lowest BCUT2D eigenvalue weighted by molar-refractivity contribution is 0.0700. The molecule has 0 saturated carbocycles. The molecular weight excluding hydrogens is 292 g/mol. The number of nitrogen functional groups attached to an aromatic ring is 1. The van der Waals surface area contributed by atoms with Crippen LogP contribution in [0.4, 0.5) is 10.5 Å². The normalized spacial score (nSPS) is 20.4. The second-order valence-electron chi connectivity index (χ2n) is 5.88. The third-order valence-corrected chi connectivity index (χ3v) is 4.18. The van der Waals surface area contributed by atoms with Crippen molar-refractivity contribution in [2.45, 2.75) is 19.1 Å². The maximum Gasteiger partial charge on any atom is 0.411 e. The zero-order valence-corrected chi connectivity index (χ0v) is 13.3. The zero-order valence-electron chi connectivity index (χ0n) is 13.3. The summed E-state index contributed by atoms with van der Waals surface area (Å²) in [6.45, 7) is 2.84. The summed E-state index contributed by atoms with van der Waals surface area (Å²) in [4.78, 5) is 13.9. The van der Waals surface area contributed by atoms with E-state index in [-0.39, 0.29) is 6.09 Å². The van der Waals surface area contributed by atoms with E-state index in [4.69, 9.17) is 15.2 Å². The monoisotopic (exact) mass is 312 g/mol. The van der Waals surface area contributed by atoms with Crippen molar-refractivity contribution in [2.24, 2.45) is 0 Å². The largest absolute Gasteiger partial charge is 0.497 e. The van der Waals surface area contributed by atoms with Crippen LogP contribution in [0.5, 0.6) is 5.75 Å². The topological polar surface area (TPSA) is 64.8 Å². The fraction of sp³-hybridized carbons (Fsp3) is 0.278. The summed E-state index contributed by atoms with van der Waals surface area (Å²) in [5.74, 6) is 0.774. The van der Waals surface area contributed by atoms with Gasteiger partial charge in [0.15, 0.2) is 5.60 Å². The number of cyclic esters (lactones) is 1. The molecule has 23 heavy (non-hydrogen) atoms. The van der Waals surface area contributed by atoms with E-state index in [1.165, 1.54) is 0 Å². The Balaban J connectivity index is 1.79. The SMILES string of the molecule is COc1ccc(C2(C)CN(Cc3ccccc3N)C(=O)O2)cc1. The van der Waals surface area contributed by atoms with Gasteiger partial charge in [-0.1, -0.05) is 30.3 Å². The molecule has 5 heteroatoms. The van der Waals surface area contributed by atoms with Crippen molar-refractivity contribution in [1.29, 1.82) is 0 Å². The lowest BCUT2D eigenvalue weighted by Crippen LogP contribution is -2.29. The molecule has 0 aromatic heterocycles. The van der Waals surface area contributed by atoms with Gasteiger partial charge >= 0.3 is 6.09 Å². The van der Waals surface area contributed by atoms with Crippen LogP contribution in [0.3, 0.4) is 0 Å². The Kier molecular flexibility index (Phi) is 3.86. The van der Waals surface area contributed by atoms with E-state index in [0.29, 0.717) is 18.8 Å². The lowest BCUT2D eigenvalue weighted by atomic mass is 9.96. The minimum atomic E-state index is -0.674. The maximum absolute atomic E-state index is 12.2. The number of carbonyl (C=O) groups excluding carboxylic acids is 1. The number of ether oxygens (including phenoxy) is 2. The predicted octanol–water partition coefficient (Wildman–Crippen LogP) is 3.15. The number of hydrogen-bond donors (Lipinski definition) is 1. The van der Waals surface area contributed by atoms with Gasteiger partial charge in [-0.05, 0) is 36.2 Å². The molecule has 0 radical (unpaired) electrons. The van der Waals surface area contributed by atoms with E-state index in [1.807, 2.05) is 55.5 Å². The van der Waals surface area contributed by atoms with Gasteiger partial charge in [0.1, 0.15) is 5.75 Å². The molecule has 1 aliphatic rings. The number of nitrogens with two attached hydrogens (primary N) is 1. The number of hydrogen-bond acceptors (Lipinski definition) is 4. The van der Waals surface area contributed by atoms with E-state index in [0.717, 1.165) is 16.9 Å². The summed E-state index contributed by atoms with van der Waals surface area (Å²) in [7, 11) is 1.62. The van der Waals surface area contributed by atoms with Gasteiger partial charge in [0, 0.05) is 5.69 Å². The quantitative estimate of drug-likeness (QED) is 0.881. The molecule has 0 spiro atoms. The highest BCUT2D eigenvalue weighted by atomic mass is 16.6. The molecule has 5 nitrogen and oxygen atoms in total. The number of methoxy groups -OCH3 is 1. The second-order valence-corrected chi connectivity index (χ2v) is 5.88. The Morgan fingerprint density at radius 2 is 1.91 bits per heavy atom. The molecule has 1 fully saturated rings. The van der Waals surface area contributed by atoms with Crippen LogP contribution in [-0.4, -0.2) is 24.6 Å². The molecule has 1 unspecified atom stereocenters. The molecule has 0 aliphatic carbocycles. The number of carbonyl (C=O) groups is 1. The number of amides is 1. The third kappa shape index (κ3) is 2.95. The molecule has 1 atom stereocenters. The third-order valence-electron chi connectivity index (χ3n) is 4.18. The van der Waals surface area contributed by atoms with Gasteiger partial charge in [-0.15, -0.1) is 0 Å². The molecular formula is C18H20N2O3. The van der Waals surface area contributed by atoms with Crippen LogP contribution in [0.15, 0.2) is 48.5 Å². The van der Waals surface area contributed by atoms with Crippen LogP contribution in [0, 0.1) is 0 Å². The summed E-state index contributed by atoms with van der Waals surface area (Å²) in [5, 5.41) is 0. The van der Waals surface area contributed by atoms with Crippen LogP contribution < -0.4 is 10.5 Å². The molecule has 3 rings (SSSR count).